The highest BCUT2D eigenvalue weighted by Crippen LogP contribution is 2.57. The average Bonchev–Trinajstić information content (AvgIpc) is 3.42. The molecular weight excluding hydrogens is 466 g/mol. The van der Waals surface area contributed by atoms with Crippen LogP contribution in [0, 0.1) is 18.8 Å². The van der Waals surface area contributed by atoms with Gasteiger partial charge in [-0.1, -0.05) is 72.3 Å². The van der Waals surface area contributed by atoms with E-state index in [2.05, 4.69) is 0 Å². The van der Waals surface area contributed by atoms with Crippen LogP contribution in [0.5, 0.6) is 0 Å². The van der Waals surface area contributed by atoms with E-state index in [1.165, 1.54) is 0 Å². The van der Waals surface area contributed by atoms with Crippen LogP contribution in [0.25, 0.3) is 0 Å². The molecule has 35 heavy (non-hydrogen) atoms. The molecule has 0 saturated carbocycles. The zero-order valence-corrected chi connectivity index (χ0v) is 19.5. The lowest BCUT2D eigenvalue weighted by molar-refractivity contribution is -0.145. The third kappa shape index (κ3) is 2.93. The van der Waals surface area contributed by atoms with Crippen molar-refractivity contribution in [2.24, 2.45) is 11.8 Å². The van der Waals surface area contributed by atoms with Crippen LogP contribution >= 0.6 is 11.6 Å². The first-order valence-electron chi connectivity index (χ1n) is 11.4. The van der Waals surface area contributed by atoms with Gasteiger partial charge < -0.3 is 4.74 Å². The number of Topliss-reactive ketones (excluding diaryl/α,β-unsaturated/α-hetero) is 2. The number of benzene rings is 3. The molecule has 0 N–H and O–H groups in total. The van der Waals surface area contributed by atoms with Crippen molar-refractivity contribution in [2.75, 3.05) is 0 Å². The third-order valence-corrected chi connectivity index (χ3v) is 7.61. The van der Waals surface area contributed by atoms with Crippen LogP contribution in [0.1, 0.15) is 43.5 Å². The zero-order valence-electron chi connectivity index (χ0n) is 18.7. The maximum atomic E-state index is 13.8. The minimum atomic E-state index is -2.05. The van der Waals surface area contributed by atoms with E-state index in [0.29, 0.717) is 16.1 Å². The summed E-state index contributed by atoms with van der Waals surface area (Å²) in [5.41, 5.74) is 0.635. The van der Waals surface area contributed by atoms with Gasteiger partial charge >= 0.3 is 0 Å². The molecule has 7 heteroatoms. The van der Waals surface area contributed by atoms with Gasteiger partial charge in [0, 0.05) is 16.1 Å². The summed E-state index contributed by atoms with van der Waals surface area (Å²) in [6, 6.07) is 20.7. The Morgan fingerprint density at radius 3 is 2.06 bits per heavy atom. The number of halogens is 1. The van der Waals surface area contributed by atoms with Crippen molar-refractivity contribution in [2.45, 2.75) is 25.2 Å². The van der Waals surface area contributed by atoms with Crippen LogP contribution < -0.4 is 0 Å². The van der Waals surface area contributed by atoms with Crippen molar-refractivity contribution in [3.63, 3.8) is 0 Å². The number of hydrogen-bond acceptors (Lipinski definition) is 5. The number of ketones is 2. The molecule has 3 aliphatic rings. The average molecular weight is 486 g/mol. The molecule has 2 saturated heterocycles. The fourth-order valence-corrected chi connectivity index (χ4v) is 5.82. The minimum Gasteiger partial charge on any atom is -0.349 e. The summed E-state index contributed by atoms with van der Waals surface area (Å²) in [5, 5.41) is 0.538. The lowest BCUT2D eigenvalue weighted by atomic mass is 9.77. The van der Waals surface area contributed by atoms with Gasteiger partial charge in [-0.05, 0) is 35.7 Å². The Morgan fingerprint density at radius 2 is 1.43 bits per heavy atom. The Kier molecular flexibility index (Phi) is 4.82. The number of fused-ring (bicyclic) bond motifs is 3. The first-order valence-corrected chi connectivity index (χ1v) is 11.7. The van der Waals surface area contributed by atoms with E-state index in [1.807, 2.05) is 31.2 Å². The van der Waals surface area contributed by atoms with Crippen molar-refractivity contribution < 1.29 is 23.9 Å². The molecule has 3 unspecified atom stereocenters. The lowest BCUT2D eigenvalue weighted by Crippen LogP contribution is -2.50. The quantitative estimate of drug-likeness (QED) is 0.407. The van der Waals surface area contributed by atoms with Gasteiger partial charge in [0.15, 0.2) is 0 Å². The van der Waals surface area contributed by atoms with Gasteiger partial charge in [0.1, 0.15) is 0 Å². The Hall–Kier alpha value is -3.61. The fourth-order valence-electron chi connectivity index (χ4n) is 5.69. The van der Waals surface area contributed by atoms with Gasteiger partial charge in [0.25, 0.3) is 0 Å². The topological polar surface area (TPSA) is 80.8 Å². The molecule has 2 aliphatic heterocycles. The second kappa shape index (κ2) is 7.70. The van der Waals surface area contributed by atoms with Crippen LogP contribution in [0.3, 0.4) is 0 Å². The Bertz CT molecular complexity index is 1390. The van der Waals surface area contributed by atoms with Crippen molar-refractivity contribution >= 4 is 35.0 Å². The number of hydrogen-bond donors (Lipinski definition) is 0. The second-order valence-electron chi connectivity index (χ2n) is 9.23. The molecule has 3 atom stereocenters. The van der Waals surface area contributed by atoms with Crippen LogP contribution in [0.2, 0.25) is 5.02 Å². The van der Waals surface area contributed by atoms with E-state index >= 15 is 0 Å². The van der Waals surface area contributed by atoms with Crippen LogP contribution in [0.4, 0.5) is 0 Å². The number of ether oxygens (including phenoxy) is 1. The first kappa shape index (κ1) is 21.9. The number of likely N-dealkylation sites (tertiary alicyclic amines) is 1. The van der Waals surface area contributed by atoms with Crippen molar-refractivity contribution in [3.8, 4) is 0 Å². The molecule has 1 spiro atoms. The highest BCUT2D eigenvalue weighted by atomic mass is 35.5. The molecule has 6 nitrogen and oxygen atoms in total. The van der Waals surface area contributed by atoms with Gasteiger partial charge in [0.05, 0.1) is 24.5 Å². The van der Waals surface area contributed by atoms with Crippen molar-refractivity contribution in [1.82, 2.24) is 4.90 Å². The van der Waals surface area contributed by atoms with Gasteiger partial charge in [-0.25, -0.2) is 0 Å². The second-order valence-corrected chi connectivity index (χ2v) is 9.66. The number of rotatable bonds is 3. The number of amides is 2. The summed E-state index contributed by atoms with van der Waals surface area (Å²) in [5.74, 6) is -4.35. The number of carbonyl (C=O) groups is 4. The minimum absolute atomic E-state index is 0.0216. The maximum absolute atomic E-state index is 13.8. The predicted octanol–water partition coefficient (Wildman–Crippen LogP) is 4.34. The molecule has 6 rings (SSSR count). The predicted molar refractivity (Wildman–Crippen MR) is 127 cm³/mol. The molecule has 0 aromatic heterocycles. The molecule has 3 aromatic rings. The van der Waals surface area contributed by atoms with Crippen LogP contribution in [-0.2, 0) is 20.9 Å². The highest BCUT2D eigenvalue weighted by molar-refractivity contribution is 6.35. The van der Waals surface area contributed by atoms with Gasteiger partial charge in [-0.2, -0.15) is 0 Å². The monoisotopic (exact) mass is 485 g/mol. The van der Waals surface area contributed by atoms with Crippen LogP contribution in [0.15, 0.2) is 72.8 Å². The molecule has 174 valence electrons. The summed E-state index contributed by atoms with van der Waals surface area (Å²) in [4.78, 5) is 56.2. The summed E-state index contributed by atoms with van der Waals surface area (Å²) in [6.45, 7) is 1.90. The van der Waals surface area contributed by atoms with Gasteiger partial charge in [-0.3, -0.25) is 24.1 Å². The Labute approximate surface area is 206 Å². The van der Waals surface area contributed by atoms with Crippen LogP contribution in [-0.4, -0.2) is 33.9 Å². The highest BCUT2D eigenvalue weighted by Gasteiger charge is 2.74. The molecule has 3 aromatic carbocycles. The SMILES string of the molecule is Cc1ccccc1C1OC2(C(=O)c3ccccc3C2=O)C2C(=O)N(Cc3ccc(Cl)cc3)C(=O)C12. The molecule has 2 heterocycles. The summed E-state index contributed by atoms with van der Waals surface area (Å²) in [7, 11) is 0. The molecule has 0 radical (unpaired) electrons. The van der Waals surface area contributed by atoms with E-state index in [-0.39, 0.29) is 17.7 Å². The van der Waals surface area contributed by atoms with Crippen molar-refractivity contribution in [1.29, 1.82) is 0 Å². The number of nitrogens with zero attached hydrogens (tertiary/aromatic N) is 1. The molecule has 1 aliphatic carbocycles. The summed E-state index contributed by atoms with van der Waals surface area (Å²) in [6.07, 6.45) is -0.907. The molecule has 2 amide bonds. The number of carbonyl (C=O) groups excluding carboxylic acids is 4. The zero-order chi connectivity index (χ0) is 24.5. The fraction of sp³-hybridized carbons (Fsp3) is 0.214. The smallest absolute Gasteiger partial charge is 0.237 e. The Morgan fingerprint density at radius 1 is 0.829 bits per heavy atom. The number of imide groups is 1. The lowest BCUT2D eigenvalue weighted by Gasteiger charge is -2.27. The van der Waals surface area contributed by atoms with E-state index in [4.69, 9.17) is 16.3 Å². The van der Waals surface area contributed by atoms with Gasteiger partial charge in [0.2, 0.25) is 29.0 Å². The standard InChI is InChI=1S/C28H20ClNO5/c1-15-6-2-3-7-18(15)23-21-22(27(34)30(26(21)33)14-16-10-12-17(29)13-11-16)28(35-23)24(31)19-8-4-5-9-20(19)25(28)32/h2-13,21-23H,14H2,1H3. The third-order valence-electron chi connectivity index (χ3n) is 7.36. The van der Waals surface area contributed by atoms with Gasteiger partial charge in [-0.15, -0.1) is 0 Å². The summed E-state index contributed by atoms with van der Waals surface area (Å²) < 4.78 is 6.32. The van der Waals surface area contributed by atoms with E-state index in [0.717, 1.165) is 10.5 Å². The largest absolute Gasteiger partial charge is 0.349 e. The number of aryl methyl sites for hydroxylation is 1. The molecular formula is C28H20ClNO5. The first-order chi connectivity index (χ1) is 16.8. The Balaban J connectivity index is 1.49. The van der Waals surface area contributed by atoms with Crippen molar-refractivity contribution in [3.05, 3.63) is 106 Å². The van der Waals surface area contributed by atoms with E-state index in [1.54, 1.807) is 48.5 Å². The molecule has 0 bridgehead atoms. The van der Waals surface area contributed by atoms with E-state index in [9.17, 15) is 19.2 Å². The molecule has 2 fully saturated rings. The normalized spacial score (nSPS) is 24.4. The maximum Gasteiger partial charge on any atom is 0.237 e. The van der Waals surface area contributed by atoms with E-state index < -0.39 is 46.9 Å². The summed E-state index contributed by atoms with van der Waals surface area (Å²) >= 11 is 5.98.